The smallest absolute Gasteiger partial charge is 0.246 e. The van der Waals surface area contributed by atoms with Gasteiger partial charge in [-0.05, 0) is 45.5 Å². The number of benzene rings is 1. The highest BCUT2D eigenvalue weighted by Gasteiger charge is 2.25. The van der Waals surface area contributed by atoms with E-state index in [9.17, 15) is 4.79 Å². The Hall–Kier alpha value is -2.05. The maximum absolute atomic E-state index is 12.6. The highest BCUT2D eigenvalue weighted by atomic mass is 35.5. The highest BCUT2D eigenvalue weighted by molar-refractivity contribution is 6.35. The number of nitrogens with two attached hydrogens (primary N) is 1. The Morgan fingerprint density at radius 2 is 2.23 bits per heavy atom. The average Bonchev–Trinajstić information content (AvgIpc) is 2.77. The van der Waals surface area contributed by atoms with Crippen molar-refractivity contribution >= 4 is 34.5 Å². The van der Waals surface area contributed by atoms with Gasteiger partial charge < -0.3 is 20.1 Å². The highest BCUT2D eigenvalue weighted by Crippen LogP contribution is 2.32. The molecule has 0 saturated carbocycles. The van der Waals surface area contributed by atoms with Gasteiger partial charge in [0.25, 0.3) is 0 Å². The third-order valence-corrected chi connectivity index (χ3v) is 5.05. The van der Waals surface area contributed by atoms with Crippen LogP contribution in [-0.2, 0) is 4.79 Å². The number of carbonyl (C=O) groups is 1. The second-order valence-corrected chi connectivity index (χ2v) is 7.45. The van der Waals surface area contributed by atoms with Gasteiger partial charge in [0.1, 0.15) is 0 Å². The lowest BCUT2D eigenvalue weighted by Crippen LogP contribution is -2.34. The Labute approximate surface area is 159 Å². The number of para-hydroxylation sites is 1. The van der Waals surface area contributed by atoms with Crippen LogP contribution in [0.15, 0.2) is 30.4 Å². The molecule has 1 fully saturated rings. The molecular weight excluding hydrogens is 350 g/mol. The first kappa shape index (κ1) is 18.7. The van der Waals surface area contributed by atoms with Crippen LogP contribution in [-0.4, -0.2) is 59.0 Å². The van der Waals surface area contributed by atoms with Gasteiger partial charge in [-0.15, -0.1) is 0 Å². The maximum atomic E-state index is 12.6. The minimum atomic E-state index is 0.0489. The predicted octanol–water partition coefficient (Wildman–Crippen LogP) is 2.94. The van der Waals surface area contributed by atoms with E-state index in [2.05, 4.69) is 4.98 Å². The lowest BCUT2D eigenvalue weighted by molar-refractivity contribution is -0.126. The quantitative estimate of drug-likeness (QED) is 0.834. The van der Waals surface area contributed by atoms with E-state index in [1.54, 1.807) is 6.08 Å². The Morgan fingerprint density at radius 1 is 1.42 bits per heavy atom. The molecule has 1 aromatic carbocycles. The Morgan fingerprint density at radius 3 is 3.00 bits per heavy atom. The SMILES string of the molecule is CN(C)C/C=C/C(=O)N1CCCCC(n2c(N)nc3cccc(Cl)c32)C1. The molecule has 6 nitrogen and oxygen atoms in total. The number of carbonyl (C=O) groups excluding carboxylic acids is 1. The van der Waals surface area contributed by atoms with Crippen LogP contribution >= 0.6 is 11.6 Å². The zero-order chi connectivity index (χ0) is 18.7. The molecule has 2 N–H and O–H groups in total. The molecule has 0 radical (unpaired) electrons. The molecule has 0 spiro atoms. The second-order valence-electron chi connectivity index (χ2n) is 7.05. The van der Waals surface area contributed by atoms with Gasteiger partial charge in [-0.3, -0.25) is 4.79 Å². The maximum Gasteiger partial charge on any atom is 0.246 e. The lowest BCUT2D eigenvalue weighted by Gasteiger charge is -2.25. The van der Waals surface area contributed by atoms with Crippen LogP contribution in [0.2, 0.25) is 5.02 Å². The number of likely N-dealkylation sites (tertiary alicyclic amines) is 1. The van der Waals surface area contributed by atoms with Crippen molar-refractivity contribution in [2.24, 2.45) is 0 Å². The molecule has 1 amide bonds. The van der Waals surface area contributed by atoms with Crippen molar-refractivity contribution in [1.82, 2.24) is 19.4 Å². The summed E-state index contributed by atoms with van der Waals surface area (Å²) in [6.07, 6.45) is 6.56. The van der Waals surface area contributed by atoms with E-state index in [0.717, 1.165) is 43.4 Å². The van der Waals surface area contributed by atoms with Crippen LogP contribution in [0.5, 0.6) is 0 Å². The molecule has 0 bridgehead atoms. The monoisotopic (exact) mass is 375 g/mol. The van der Waals surface area contributed by atoms with Crippen LogP contribution in [0, 0.1) is 0 Å². The summed E-state index contributed by atoms with van der Waals surface area (Å²) in [6, 6.07) is 5.72. The molecule has 1 aliphatic heterocycles. The van der Waals surface area contributed by atoms with Crippen LogP contribution in [0.1, 0.15) is 25.3 Å². The minimum absolute atomic E-state index is 0.0489. The van der Waals surface area contributed by atoms with E-state index in [-0.39, 0.29) is 11.9 Å². The molecule has 2 heterocycles. The summed E-state index contributed by atoms with van der Waals surface area (Å²) in [4.78, 5) is 21.0. The first-order valence-electron chi connectivity index (χ1n) is 8.99. The second kappa shape index (κ2) is 8.10. The van der Waals surface area contributed by atoms with Gasteiger partial charge in [0.05, 0.1) is 22.1 Å². The predicted molar refractivity (Wildman–Crippen MR) is 106 cm³/mol. The molecule has 1 unspecified atom stereocenters. The molecule has 2 aromatic rings. The third-order valence-electron chi connectivity index (χ3n) is 4.74. The molecule has 3 rings (SSSR count). The van der Waals surface area contributed by atoms with Gasteiger partial charge in [-0.25, -0.2) is 4.98 Å². The standard InChI is InChI=1S/C19H26ClN5O/c1-23(2)11-6-10-17(26)24-12-4-3-7-14(13-24)25-18-15(20)8-5-9-16(18)22-19(25)21/h5-6,8-10,14H,3-4,7,11-13H2,1-2H3,(H2,21,22)/b10-6+. The normalized spacial score (nSPS) is 18.8. The summed E-state index contributed by atoms with van der Waals surface area (Å²) < 4.78 is 2.01. The molecule has 1 aromatic heterocycles. The van der Waals surface area contributed by atoms with E-state index in [0.29, 0.717) is 17.5 Å². The Bertz CT molecular complexity index is 814. The minimum Gasteiger partial charge on any atom is -0.369 e. The number of nitrogens with zero attached hydrogens (tertiary/aromatic N) is 4. The summed E-state index contributed by atoms with van der Waals surface area (Å²) >= 11 is 6.42. The van der Waals surface area contributed by atoms with E-state index in [1.807, 2.05) is 52.7 Å². The largest absolute Gasteiger partial charge is 0.369 e. The van der Waals surface area contributed by atoms with Crippen LogP contribution < -0.4 is 5.73 Å². The lowest BCUT2D eigenvalue weighted by atomic mass is 10.1. The van der Waals surface area contributed by atoms with Gasteiger partial charge >= 0.3 is 0 Å². The molecule has 26 heavy (non-hydrogen) atoms. The third kappa shape index (κ3) is 4.02. The molecule has 0 aliphatic carbocycles. The number of aromatic nitrogens is 2. The van der Waals surface area contributed by atoms with Gasteiger partial charge in [0.15, 0.2) is 0 Å². The number of anilines is 1. The molecule has 1 saturated heterocycles. The van der Waals surface area contributed by atoms with Gasteiger partial charge in [0.2, 0.25) is 11.9 Å². The fraction of sp³-hybridized carbons (Fsp3) is 0.474. The molecular formula is C19H26ClN5O. The summed E-state index contributed by atoms with van der Waals surface area (Å²) in [5, 5.41) is 0.639. The van der Waals surface area contributed by atoms with E-state index in [4.69, 9.17) is 17.3 Å². The first-order chi connectivity index (χ1) is 12.5. The van der Waals surface area contributed by atoms with Crippen molar-refractivity contribution in [2.75, 3.05) is 39.5 Å². The number of fused-ring (bicyclic) bond motifs is 1. The fourth-order valence-corrected chi connectivity index (χ4v) is 3.75. The summed E-state index contributed by atoms with van der Waals surface area (Å²) in [5.41, 5.74) is 7.86. The number of hydrogen-bond donors (Lipinski definition) is 1. The number of hydrogen-bond acceptors (Lipinski definition) is 4. The first-order valence-corrected chi connectivity index (χ1v) is 9.37. The van der Waals surface area contributed by atoms with Crippen molar-refractivity contribution in [3.05, 3.63) is 35.4 Å². The summed E-state index contributed by atoms with van der Waals surface area (Å²) in [7, 11) is 3.96. The van der Waals surface area contributed by atoms with Crippen molar-refractivity contribution in [1.29, 1.82) is 0 Å². The summed E-state index contributed by atoms with van der Waals surface area (Å²) in [6.45, 7) is 2.13. The summed E-state index contributed by atoms with van der Waals surface area (Å²) in [5.74, 6) is 0.503. The number of rotatable bonds is 4. The Kier molecular flexibility index (Phi) is 5.84. The van der Waals surface area contributed by atoms with Gasteiger partial charge in [-0.2, -0.15) is 0 Å². The zero-order valence-electron chi connectivity index (χ0n) is 15.4. The van der Waals surface area contributed by atoms with Crippen LogP contribution in [0.4, 0.5) is 5.95 Å². The molecule has 140 valence electrons. The van der Waals surface area contributed by atoms with Crippen molar-refractivity contribution in [3.8, 4) is 0 Å². The van der Waals surface area contributed by atoms with Crippen LogP contribution in [0.3, 0.4) is 0 Å². The van der Waals surface area contributed by atoms with Crippen LogP contribution in [0.25, 0.3) is 11.0 Å². The van der Waals surface area contributed by atoms with Crippen molar-refractivity contribution < 1.29 is 4.79 Å². The van der Waals surface area contributed by atoms with Gasteiger partial charge in [-0.1, -0.05) is 23.7 Å². The fourth-order valence-electron chi connectivity index (χ4n) is 3.49. The van der Waals surface area contributed by atoms with E-state index >= 15 is 0 Å². The Balaban J connectivity index is 1.86. The van der Waals surface area contributed by atoms with Gasteiger partial charge in [0, 0.05) is 25.7 Å². The number of likely N-dealkylation sites (N-methyl/N-ethyl adjacent to an activating group) is 1. The number of amides is 1. The number of halogens is 1. The van der Waals surface area contributed by atoms with E-state index < -0.39 is 0 Å². The average molecular weight is 376 g/mol. The topological polar surface area (TPSA) is 67.4 Å². The number of imidazole rings is 1. The van der Waals surface area contributed by atoms with E-state index in [1.165, 1.54) is 0 Å². The number of nitrogen functional groups attached to an aromatic ring is 1. The van der Waals surface area contributed by atoms with Crippen molar-refractivity contribution in [3.63, 3.8) is 0 Å². The van der Waals surface area contributed by atoms with Crippen molar-refractivity contribution in [2.45, 2.75) is 25.3 Å². The molecule has 1 aliphatic rings. The molecule has 1 atom stereocenters. The molecule has 7 heteroatoms. The zero-order valence-corrected chi connectivity index (χ0v) is 16.1.